The van der Waals surface area contributed by atoms with Gasteiger partial charge in [-0.1, -0.05) is 103 Å². The molecule has 360 valence electrons. The predicted octanol–water partition coefficient (Wildman–Crippen LogP) is 4.02. The third kappa shape index (κ3) is 15.0. The van der Waals surface area contributed by atoms with Crippen molar-refractivity contribution in [2.45, 2.75) is 181 Å². The van der Waals surface area contributed by atoms with Gasteiger partial charge in [0.2, 0.25) is 23.6 Å². The maximum absolute atomic E-state index is 14.8. The summed E-state index contributed by atoms with van der Waals surface area (Å²) in [5.74, 6) is -6.21. The molecule has 0 bridgehead atoms. The van der Waals surface area contributed by atoms with Gasteiger partial charge in [0.05, 0.1) is 26.4 Å². The molecule has 2 aliphatic carbocycles. The highest BCUT2D eigenvalue weighted by molar-refractivity contribution is 6.01. The van der Waals surface area contributed by atoms with Gasteiger partial charge in [-0.05, 0) is 77.2 Å². The molecule has 1 aromatic carbocycles. The van der Waals surface area contributed by atoms with Crippen molar-refractivity contribution in [3.05, 3.63) is 35.9 Å². The molecule has 6 amide bonds. The first-order valence-corrected chi connectivity index (χ1v) is 23.0. The van der Waals surface area contributed by atoms with Gasteiger partial charge in [0, 0.05) is 5.92 Å². The minimum Gasteiger partial charge on any atom is -0.467 e. The number of hydrogen-bond acceptors (Lipinski definition) is 12. The number of nitrogens with one attached hydrogen (secondary N) is 4. The van der Waals surface area contributed by atoms with Gasteiger partial charge in [0.1, 0.15) is 41.4 Å². The lowest BCUT2D eigenvalue weighted by atomic mass is 9.73. The summed E-state index contributed by atoms with van der Waals surface area (Å²) in [7, 11) is 1.20. The van der Waals surface area contributed by atoms with Crippen LogP contribution in [-0.2, 0) is 49.6 Å². The Hall–Kier alpha value is -4.61. The predicted molar refractivity (Wildman–Crippen MR) is 240 cm³/mol. The Morgan fingerprint density at radius 3 is 1.97 bits per heavy atom. The highest BCUT2D eigenvalue weighted by Gasteiger charge is 2.54. The van der Waals surface area contributed by atoms with E-state index in [1.54, 1.807) is 48.5 Å². The van der Waals surface area contributed by atoms with Gasteiger partial charge in [0.25, 0.3) is 5.91 Å². The van der Waals surface area contributed by atoms with Gasteiger partial charge < -0.3 is 46.3 Å². The number of carbonyl (C=O) groups is 7. The number of benzene rings is 1. The van der Waals surface area contributed by atoms with E-state index in [1.165, 1.54) is 21.0 Å². The summed E-state index contributed by atoms with van der Waals surface area (Å²) in [6.45, 7) is 14.2. The lowest BCUT2D eigenvalue weighted by Crippen LogP contribution is -2.74. The van der Waals surface area contributed by atoms with E-state index in [4.69, 9.17) is 19.9 Å². The Morgan fingerprint density at radius 1 is 0.828 bits per heavy atom. The fourth-order valence-corrected chi connectivity index (χ4v) is 8.47. The lowest BCUT2D eigenvalue weighted by Gasteiger charge is -2.46. The molecule has 0 unspecified atom stereocenters. The maximum Gasteiger partial charge on any atom is 0.417 e. The Morgan fingerprint density at radius 2 is 1.42 bits per heavy atom. The third-order valence-corrected chi connectivity index (χ3v) is 12.3. The van der Waals surface area contributed by atoms with Crippen LogP contribution in [0.15, 0.2) is 30.3 Å². The summed E-state index contributed by atoms with van der Waals surface area (Å²) < 4.78 is 16.2. The van der Waals surface area contributed by atoms with Crippen molar-refractivity contribution in [3.8, 4) is 0 Å². The molecule has 0 spiro atoms. The van der Waals surface area contributed by atoms with E-state index in [0.717, 1.165) is 50.5 Å². The van der Waals surface area contributed by atoms with E-state index >= 15 is 0 Å². The summed E-state index contributed by atoms with van der Waals surface area (Å²) in [6, 6.07) is 2.80. The van der Waals surface area contributed by atoms with Gasteiger partial charge in [-0.3, -0.25) is 24.0 Å². The van der Waals surface area contributed by atoms with Crippen molar-refractivity contribution >= 4 is 41.6 Å². The zero-order valence-corrected chi connectivity index (χ0v) is 39.7. The Balaban J connectivity index is 2.01. The molecule has 0 saturated heterocycles. The quantitative estimate of drug-likeness (QED) is 0.0959. The fraction of sp³-hybridized carbons (Fsp3) is 0.723. The number of ether oxygens (including phenoxy) is 3. The van der Waals surface area contributed by atoms with Gasteiger partial charge in [-0.15, -0.1) is 0 Å². The number of hydrogen-bond donors (Lipinski definition) is 6. The summed E-state index contributed by atoms with van der Waals surface area (Å²) in [5, 5.41) is 23.9. The van der Waals surface area contributed by atoms with Crippen molar-refractivity contribution in [1.82, 2.24) is 26.2 Å². The molecular weight excluding hydrogens is 825 g/mol. The number of aliphatic hydroxyl groups excluding tert-OH is 1. The number of amides is 6. The minimum absolute atomic E-state index is 0.000603. The first kappa shape index (κ1) is 53.7. The Kier molecular flexibility index (Phi) is 20.7. The molecule has 17 heteroatoms. The number of nitrogens with zero attached hydrogens (tertiary/aromatic N) is 1. The van der Waals surface area contributed by atoms with Crippen LogP contribution < -0.4 is 27.0 Å². The number of rotatable bonds is 21. The molecule has 17 nitrogen and oxygen atoms in total. The van der Waals surface area contributed by atoms with E-state index in [1.807, 2.05) is 30.3 Å². The SMILES string of the molecule is COC(=O)[C@@H](NC(=O)[C@@](NC(=O)C1CCCC1)(C(C)C)[C@H](O)[C@H](CC1CCCCC1)NC(=O)[C@H](C)N(C(=O)OC(C)(C)C)C(=O)[C@H](C)NC(=O)[C@@H](N)COCc1ccccc1)C(C)C. The second kappa shape index (κ2) is 24.6. The number of methoxy groups -OCH3 is 1. The highest BCUT2D eigenvalue weighted by atomic mass is 16.6. The van der Waals surface area contributed by atoms with Gasteiger partial charge in [-0.2, -0.15) is 0 Å². The molecule has 2 fully saturated rings. The fourth-order valence-electron chi connectivity index (χ4n) is 8.47. The average Bonchev–Trinajstić information content (AvgIpc) is 3.79. The normalized spacial score (nSPS) is 18.7. The molecule has 0 aliphatic heterocycles. The van der Waals surface area contributed by atoms with E-state index in [2.05, 4.69) is 21.3 Å². The van der Waals surface area contributed by atoms with Crippen LogP contribution in [0, 0.1) is 23.7 Å². The van der Waals surface area contributed by atoms with E-state index < -0.39 is 107 Å². The van der Waals surface area contributed by atoms with Gasteiger partial charge >= 0.3 is 12.1 Å². The topological polar surface area (TPSA) is 245 Å². The second-order valence-electron chi connectivity index (χ2n) is 19.2. The smallest absolute Gasteiger partial charge is 0.417 e. The zero-order chi connectivity index (χ0) is 47.9. The molecule has 2 saturated carbocycles. The molecule has 7 atom stereocenters. The number of imide groups is 1. The van der Waals surface area contributed by atoms with Crippen LogP contribution in [0.3, 0.4) is 0 Å². The van der Waals surface area contributed by atoms with Crippen molar-refractivity contribution in [3.63, 3.8) is 0 Å². The van der Waals surface area contributed by atoms with E-state index in [9.17, 15) is 38.7 Å². The molecule has 0 aromatic heterocycles. The largest absolute Gasteiger partial charge is 0.467 e. The van der Waals surface area contributed by atoms with Crippen LogP contribution in [0.2, 0.25) is 0 Å². The number of carbonyl (C=O) groups excluding carboxylic acids is 7. The van der Waals surface area contributed by atoms with Crippen LogP contribution in [-0.4, -0.2) is 113 Å². The standard InChI is InChI=1S/C47H76N6O11/c1-28(2)37(43(59)62-10)51-44(60)47(29(3)4,52-40(56)34-23-17-18-24-34)38(54)36(25-32-19-13-11-14-20-32)50-39(55)31(6)53(45(61)64-46(7,8)9)42(58)30(5)49-41(57)35(48)27-63-26-33-21-15-12-16-22-33/h12,15-16,21-22,28-32,34-38,54H,11,13-14,17-20,23-27,48H2,1-10H3,(H,49,57)(H,50,55)(H,51,60)(H,52,56)/t30-,31-,35-,36-,37-,38+,47+/m0/s1. The van der Waals surface area contributed by atoms with E-state index in [0.29, 0.717) is 17.7 Å². The molecule has 0 heterocycles. The van der Waals surface area contributed by atoms with Crippen LogP contribution in [0.5, 0.6) is 0 Å². The molecule has 1 aromatic rings. The Bertz CT molecular complexity index is 1720. The first-order valence-electron chi connectivity index (χ1n) is 23.0. The summed E-state index contributed by atoms with van der Waals surface area (Å²) in [5.41, 5.74) is 3.79. The lowest BCUT2D eigenvalue weighted by molar-refractivity contribution is -0.152. The van der Waals surface area contributed by atoms with Crippen molar-refractivity contribution in [2.24, 2.45) is 29.4 Å². The molecule has 2 aliphatic rings. The molecule has 0 radical (unpaired) electrons. The first-order chi connectivity index (χ1) is 30.0. The van der Waals surface area contributed by atoms with Crippen LogP contribution in [0.1, 0.15) is 132 Å². The van der Waals surface area contributed by atoms with Gasteiger partial charge in [0.15, 0.2) is 0 Å². The Labute approximate surface area is 379 Å². The monoisotopic (exact) mass is 901 g/mol. The summed E-state index contributed by atoms with van der Waals surface area (Å²) in [6.07, 6.45) is 4.46. The molecular formula is C47H76N6O11. The number of nitrogens with two attached hydrogens (primary N) is 1. The number of aliphatic hydroxyl groups is 1. The minimum atomic E-state index is -2.08. The third-order valence-electron chi connectivity index (χ3n) is 12.3. The summed E-state index contributed by atoms with van der Waals surface area (Å²) in [4.78, 5) is 98.3. The van der Waals surface area contributed by atoms with E-state index in [-0.39, 0.29) is 25.6 Å². The summed E-state index contributed by atoms with van der Waals surface area (Å²) >= 11 is 0. The average molecular weight is 901 g/mol. The molecule has 7 N–H and O–H groups in total. The number of esters is 1. The molecule has 3 rings (SSSR count). The van der Waals surface area contributed by atoms with Crippen LogP contribution in [0.4, 0.5) is 4.79 Å². The van der Waals surface area contributed by atoms with Crippen molar-refractivity contribution in [1.29, 1.82) is 0 Å². The van der Waals surface area contributed by atoms with Crippen LogP contribution in [0.25, 0.3) is 0 Å². The zero-order valence-electron chi connectivity index (χ0n) is 39.7. The van der Waals surface area contributed by atoms with Crippen molar-refractivity contribution in [2.75, 3.05) is 13.7 Å². The van der Waals surface area contributed by atoms with Crippen molar-refractivity contribution < 1.29 is 52.9 Å². The highest BCUT2D eigenvalue weighted by Crippen LogP contribution is 2.34. The molecule has 64 heavy (non-hydrogen) atoms. The second-order valence-corrected chi connectivity index (χ2v) is 19.2. The van der Waals surface area contributed by atoms with Crippen LogP contribution >= 0.6 is 0 Å². The maximum atomic E-state index is 14.8. The van der Waals surface area contributed by atoms with Gasteiger partial charge in [-0.25, -0.2) is 14.5 Å².